The molecule has 4 rings (SSSR count). The lowest BCUT2D eigenvalue weighted by Gasteiger charge is -2.45. The van der Waals surface area contributed by atoms with E-state index in [0.29, 0.717) is 38.9 Å². The fourth-order valence-corrected chi connectivity index (χ4v) is 7.69. The maximum atomic E-state index is 13.3. The Morgan fingerprint density at radius 3 is 2.16 bits per heavy atom. The van der Waals surface area contributed by atoms with E-state index in [1.807, 2.05) is 19.1 Å². The summed E-state index contributed by atoms with van der Waals surface area (Å²) in [4.78, 5) is 3.94. The monoisotopic (exact) mass is 673 g/mol. The molecule has 1 aromatic rings. The number of aliphatic hydroxyl groups is 1. The van der Waals surface area contributed by atoms with Crippen LogP contribution < -0.4 is 0 Å². The van der Waals surface area contributed by atoms with Crippen molar-refractivity contribution in [2.45, 2.75) is 112 Å². The smallest absolute Gasteiger partial charge is 0.387 e. The molecule has 2 saturated carbocycles. The highest BCUT2D eigenvalue weighted by Gasteiger charge is 2.49. The molecule has 3 fully saturated rings. The third-order valence-corrected chi connectivity index (χ3v) is 10.6. The van der Waals surface area contributed by atoms with Crippen LogP contribution in [-0.4, -0.2) is 86.7 Å². The number of allylic oxidation sites excluding steroid dienone is 3. The van der Waals surface area contributed by atoms with Gasteiger partial charge in [-0.05, 0) is 69.3 Å². The summed E-state index contributed by atoms with van der Waals surface area (Å²) >= 11 is 1.49. The van der Waals surface area contributed by atoms with Gasteiger partial charge in [0, 0.05) is 5.25 Å². The Balaban J connectivity index is 1.20. The molecule has 2 unspecified atom stereocenters. The zero-order chi connectivity index (χ0) is 32.7. The van der Waals surface area contributed by atoms with E-state index in [-0.39, 0.29) is 54.6 Å². The second-order valence-electron chi connectivity index (χ2n) is 12.3. The first-order valence-electron chi connectivity index (χ1n) is 15.4. The first-order chi connectivity index (χ1) is 21.3. The predicted octanol–water partition coefficient (Wildman–Crippen LogP) is 6.83. The van der Waals surface area contributed by atoms with Gasteiger partial charge < -0.3 is 19.3 Å². The van der Waals surface area contributed by atoms with Crippen molar-refractivity contribution in [1.82, 2.24) is 14.8 Å². The highest BCUT2D eigenvalue weighted by atomic mass is 32.2. The lowest BCUT2D eigenvalue weighted by atomic mass is 9.72. The molecule has 15 heteroatoms. The quantitative estimate of drug-likeness (QED) is 0.182. The largest absolute Gasteiger partial charge is 0.391 e. The normalized spacial score (nSPS) is 31.1. The Morgan fingerprint density at radius 1 is 0.956 bits per heavy atom. The maximum Gasteiger partial charge on any atom is 0.391 e. The minimum atomic E-state index is -4.23. The van der Waals surface area contributed by atoms with E-state index in [9.17, 15) is 35.8 Å². The number of hydrogen-bond donors (Lipinski definition) is 1. The first-order valence-corrected chi connectivity index (χ1v) is 16.3. The van der Waals surface area contributed by atoms with E-state index in [0.717, 1.165) is 0 Å². The van der Waals surface area contributed by atoms with E-state index in [1.165, 1.54) is 29.1 Å². The zero-order valence-electron chi connectivity index (χ0n) is 25.1. The molecule has 0 spiro atoms. The van der Waals surface area contributed by atoms with Crippen LogP contribution in [0.5, 0.6) is 0 Å². The molecule has 0 bridgehead atoms. The van der Waals surface area contributed by atoms with Gasteiger partial charge in [0.05, 0.1) is 42.6 Å². The van der Waals surface area contributed by atoms with E-state index in [2.05, 4.69) is 10.1 Å². The molecule has 7 nitrogen and oxygen atoms in total. The van der Waals surface area contributed by atoms with Crippen LogP contribution in [0.15, 0.2) is 37.0 Å². The van der Waals surface area contributed by atoms with Crippen molar-refractivity contribution >= 4 is 11.8 Å². The number of alkyl halides is 7. The van der Waals surface area contributed by atoms with Crippen molar-refractivity contribution in [3.8, 4) is 0 Å². The molecule has 45 heavy (non-hydrogen) atoms. The Kier molecular flexibility index (Phi) is 12.8. The average molecular weight is 674 g/mol. The van der Waals surface area contributed by atoms with Crippen LogP contribution in [-0.2, 0) is 20.8 Å². The van der Waals surface area contributed by atoms with Crippen molar-refractivity contribution in [2.75, 3.05) is 19.8 Å². The Labute approximate surface area is 262 Å². The highest BCUT2D eigenvalue weighted by molar-refractivity contribution is 8.00. The third-order valence-electron chi connectivity index (χ3n) is 9.08. The van der Waals surface area contributed by atoms with Gasteiger partial charge in [0.2, 0.25) is 0 Å². The minimum absolute atomic E-state index is 0.00984. The predicted molar refractivity (Wildman–Crippen MR) is 154 cm³/mol. The Bertz CT molecular complexity index is 1070. The molecular weight excluding hydrogens is 631 g/mol. The van der Waals surface area contributed by atoms with Gasteiger partial charge in [-0.1, -0.05) is 25.2 Å². The van der Waals surface area contributed by atoms with Crippen LogP contribution in [0, 0.1) is 17.8 Å². The maximum absolute atomic E-state index is 13.3. The molecule has 1 saturated heterocycles. The molecule has 1 aromatic heterocycles. The van der Waals surface area contributed by atoms with Gasteiger partial charge in [-0.3, -0.25) is 4.68 Å². The topological polar surface area (TPSA) is 78.6 Å². The number of nitrogens with zero attached hydrogens (tertiary/aromatic N) is 3. The van der Waals surface area contributed by atoms with Crippen LogP contribution in [0.1, 0.15) is 58.3 Å². The molecule has 256 valence electrons. The van der Waals surface area contributed by atoms with Crippen LogP contribution in [0.3, 0.4) is 0 Å². The molecule has 2 aliphatic carbocycles. The zero-order valence-corrected chi connectivity index (χ0v) is 26.0. The van der Waals surface area contributed by atoms with Crippen LogP contribution in [0.4, 0.5) is 30.7 Å². The summed E-state index contributed by atoms with van der Waals surface area (Å²) < 4.78 is 109. The first kappa shape index (κ1) is 36.2. The molecule has 2 atom stereocenters. The van der Waals surface area contributed by atoms with Gasteiger partial charge in [0.25, 0.3) is 0 Å². The van der Waals surface area contributed by atoms with E-state index in [4.69, 9.17) is 14.2 Å². The fourth-order valence-electron chi connectivity index (χ4n) is 6.30. The van der Waals surface area contributed by atoms with Gasteiger partial charge in [-0.2, -0.15) is 27.1 Å². The van der Waals surface area contributed by atoms with E-state index < -0.39 is 49.0 Å². The van der Waals surface area contributed by atoms with Gasteiger partial charge in [0.15, 0.2) is 6.29 Å². The summed E-state index contributed by atoms with van der Waals surface area (Å²) in [6, 6.07) is 0. The summed E-state index contributed by atoms with van der Waals surface area (Å²) in [5, 5.41) is 15.6. The summed E-state index contributed by atoms with van der Waals surface area (Å²) in [5.74, 6) is -5.58. The fraction of sp³-hybridized carbons (Fsp3) is 0.800. The SMILES string of the molecule is CC(SC1COC(/C=C/C=C/C2CCC(OCC(F)(F)C(F)F)CC2)OC1)C(O)(Cn1cncn1)C1CCC(C(F)(F)F)CC1. The number of thioether (sulfide) groups is 1. The minimum Gasteiger partial charge on any atom is -0.387 e. The summed E-state index contributed by atoms with van der Waals surface area (Å²) in [6.07, 6.45) is 4.29. The number of aromatic nitrogens is 3. The number of rotatable bonds is 13. The van der Waals surface area contributed by atoms with Crippen molar-refractivity contribution in [3.63, 3.8) is 0 Å². The lowest BCUT2D eigenvalue weighted by molar-refractivity contribution is -0.189. The number of halogens is 7. The lowest BCUT2D eigenvalue weighted by Crippen LogP contribution is -2.52. The molecule has 2 heterocycles. The molecule has 0 amide bonds. The van der Waals surface area contributed by atoms with Crippen molar-refractivity contribution in [2.24, 2.45) is 17.8 Å². The number of ether oxygens (including phenoxy) is 3. The van der Waals surface area contributed by atoms with Crippen LogP contribution in [0.25, 0.3) is 0 Å². The average Bonchev–Trinajstić information content (AvgIpc) is 3.52. The van der Waals surface area contributed by atoms with E-state index >= 15 is 0 Å². The molecule has 1 N–H and O–H groups in total. The van der Waals surface area contributed by atoms with Crippen molar-refractivity contribution < 1.29 is 50.1 Å². The van der Waals surface area contributed by atoms with Crippen molar-refractivity contribution in [3.05, 3.63) is 37.0 Å². The van der Waals surface area contributed by atoms with Gasteiger partial charge >= 0.3 is 18.5 Å². The highest BCUT2D eigenvalue weighted by Crippen LogP contribution is 2.46. The summed E-state index contributed by atoms with van der Waals surface area (Å²) in [6.45, 7) is 1.46. The van der Waals surface area contributed by atoms with Crippen LogP contribution in [0.2, 0.25) is 0 Å². The van der Waals surface area contributed by atoms with Crippen LogP contribution >= 0.6 is 11.8 Å². The standard InChI is InChI=1S/C30H42F7N3O4S/c1-20(28(41,16-40-19-38-18-39-40)22-8-10-23(11-9-22)30(35,36)37)45-25-14-42-26(43-15-25)5-3-2-4-21-6-12-24(13-7-21)44-17-29(33,34)27(31)32/h2-5,18-27,41H,6-17H2,1H3/b4-2+,5-3+. The molecule has 0 aromatic carbocycles. The summed E-state index contributed by atoms with van der Waals surface area (Å²) in [5.41, 5.74) is -1.31. The second kappa shape index (κ2) is 15.9. The van der Waals surface area contributed by atoms with Gasteiger partial charge in [0.1, 0.15) is 19.3 Å². The Morgan fingerprint density at radius 2 is 1.58 bits per heavy atom. The van der Waals surface area contributed by atoms with Crippen molar-refractivity contribution in [1.29, 1.82) is 0 Å². The second-order valence-corrected chi connectivity index (χ2v) is 13.9. The Hall–Kier alpha value is -1.68. The van der Waals surface area contributed by atoms with Gasteiger partial charge in [-0.15, -0.1) is 11.8 Å². The van der Waals surface area contributed by atoms with Gasteiger partial charge in [-0.25, -0.2) is 13.8 Å². The molecule has 3 aliphatic rings. The van der Waals surface area contributed by atoms with E-state index in [1.54, 1.807) is 12.2 Å². The molecule has 1 aliphatic heterocycles. The molecular formula is C30H42F7N3O4S. The third kappa shape index (κ3) is 10.4. The number of hydrogen-bond acceptors (Lipinski definition) is 7. The molecule has 0 radical (unpaired) electrons. The summed E-state index contributed by atoms with van der Waals surface area (Å²) in [7, 11) is 0.